The molecule has 0 saturated carbocycles. The Bertz CT molecular complexity index is 506. The van der Waals surface area contributed by atoms with E-state index in [0.29, 0.717) is 4.99 Å². The van der Waals surface area contributed by atoms with Crippen molar-refractivity contribution in [3.63, 3.8) is 0 Å². The smallest absolute Gasteiger partial charge is 0.120 e. The lowest BCUT2D eigenvalue weighted by Crippen LogP contribution is -2.15. The molecule has 0 fully saturated rings. The maximum Gasteiger partial charge on any atom is 0.120 e. The molecule has 2 N–H and O–H groups in total. The molecule has 2 aromatic heterocycles. The van der Waals surface area contributed by atoms with Crippen molar-refractivity contribution in [2.45, 2.75) is 20.4 Å². The number of nitrogens with two attached hydrogens (primary N) is 1. The van der Waals surface area contributed by atoms with Gasteiger partial charge in [-0.15, -0.1) is 11.3 Å². The van der Waals surface area contributed by atoms with Gasteiger partial charge in [-0.3, -0.25) is 0 Å². The average molecular weight is 251 g/mol. The zero-order chi connectivity index (χ0) is 11.7. The second-order valence-corrected chi connectivity index (χ2v) is 5.36. The second-order valence-electron chi connectivity index (χ2n) is 3.63. The minimum Gasteiger partial charge on any atom is -0.388 e. The fourth-order valence-corrected chi connectivity index (χ4v) is 2.65. The molecule has 0 atom stereocenters. The summed E-state index contributed by atoms with van der Waals surface area (Å²) in [6, 6.07) is 3.87. The Labute approximate surface area is 104 Å². The van der Waals surface area contributed by atoms with Crippen LogP contribution in [0.1, 0.15) is 21.3 Å². The van der Waals surface area contributed by atoms with Gasteiger partial charge in [0.1, 0.15) is 10.00 Å². The lowest BCUT2D eigenvalue weighted by atomic mass is 10.4. The van der Waals surface area contributed by atoms with Crippen LogP contribution in [-0.4, -0.2) is 14.5 Å². The molecule has 0 spiro atoms. The van der Waals surface area contributed by atoms with Crippen molar-refractivity contribution in [2.75, 3.05) is 0 Å². The van der Waals surface area contributed by atoms with Crippen LogP contribution in [0.3, 0.4) is 0 Å². The van der Waals surface area contributed by atoms with Crippen molar-refractivity contribution < 1.29 is 0 Å². The largest absolute Gasteiger partial charge is 0.388 e. The first kappa shape index (κ1) is 11.3. The highest BCUT2D eigenvalue weighted by molar-refractivity contribution is 7.80. The molecule has 0 bridgehead atoms. The Hall–Kier alpha value is -1.20. The van der Waals surface area contributed by atoms with Crippen LogP contribution >= 0.6 is 23.6 Å². The summed E-state index contributed by atoms with van der Waals surface area (Å²) in [5.74, 6) is 0. The minimum absolute atomic E-state index is 0.426. The van der Waals surface area contributed by atoms with Crippen LogP contribution in [0.4, 0.5) is 0 Å². The van der Waals surface area contributed by atoms with Gasteiger partial charge in [-0.2, -0.15) is 0 Å². The summed E-state index contributed by atoms with van der Waals surface area (Å²) in [7, 11) is 0. The van der Waals surface area contributed by atoms with Gasteiger partial charge in [-0.1, -0.05) is 12.2 Å². The van der Waals surface area contributed by atoms with E-state index in [-0.39, 0.29) is 0 Å². The molecule has 0 aliphatic rings. The summed E-state index contributed by atoms with van der Waals surface area (Å²) in [6.07, 6.45) is 1.97. The quantitative estimate of drug-likeness (QED) is 0.851. The molecular formula is C11H13N3S2. The van der Waals surface area contributed by atoms with Crippen LogP contribution in [0.2, 0.25) is 0 Å². The maximum absolute atomic E-state index is 5.64. The molecule has 3 nitrogen and oxygen atoms in total. The van der Waals surface area contributed by atoms with Crippen LogP contribution < -0.4 is 5.73 Å². The number of rotatable bonds is 3. The van der Waals surface area contributed by atoms with Crippen LogP contribution in [0.15, 0.2) is 18.3 Å². The zero-order valence-corrected chi connectivity index (χ0v) is 10.9. The third-order valence-corrected chi connectivity index (χ3v) is 3.73. The Kier molecular flexibility index (Phi) is 3.07. The van der Waals surface area contributed by atoms with Crippen molar-refractivity contribution >= 4 is 28.5 Å². The Morgan fingerprint density at radius 1 is 1.56 bits per heavy atom. The molecule has 0 unspecified atom stereocenters. The van der Waals surface area contributed by atoms with E-state index in [4.69, 9.17) is 18.0 Å². The van der Waals surface area contributed by atoms with Gasteiger partial charge < -0.3 is 10.3 Å². The standard InChI is InChI=1S/C11H13N3S2/c1-7-8(2)16-10(13-7)6-14-5-3-4-9(14)11(12)15/h3-5H,6H2,1-2H3,(H2,12,15). The number of hydrogen-bond acceptors (Lipinski definition) is 3. The van der Waals surface area contributed by atoms with E-state index < -0.39 is 0 Å². The predicted octanol–water partition coefficient (Wildman–Crippen LogP) is 2.24. The fourth-order valence-electron chi connectivity index (χ4n) is 1.53. The van der Waals surface area contributed by atoms with Crippen LogP contribution in [-0.2, 0) is 6.54 Å². The first-order chi connectivity index (χ1) is 7.58. The molecule has 0 amide bonds. The van der Waals surface area contributed by atoms with Crippen LogP contribution in [0.25, 0.3) is 0 Å². The molecule has 2 aromatic rings. The molecule has 2 rings (SSSR count). The van der Waals surface area contributed by atoms with Crippen molar-refractivity contribution in [2.24, 2.45) is 5.73 Å². The van der Waals surface area contributed by atoms with Crippen molar-refractivity contribution in [3.05, 3.63) is 39.6 Å². The van der Waals surface area contributed by atoms with E-state index in [1.54, 1.807) is 11.3 Å². The monoisotopic (exact) mass is 251 g/mol. The van der Waals surface area contributed by atoms with E-state index in [9.17, 15) is 0 Å². The lowest BCUT2D eigenvalue weighted by Gasteiger charge is -2.05. The zero-order valence-electron chi connectivity index (χ0n) is 9.23. The van der Waals surface area contributed by atoms with Gasteiger partial charge in [0.25, 0.3) is 0 Å². The molecule has 0 aliphatic carbocycles. The normalized spacial score (nSPS) is 10.6. The topological polar surface area (TPSA) is 43.8 Å². The number of thiazole rings is 1. The number of hydrogen-bond donors (Lipinski definition) is 1. The van der Waals surface area contributed by atoms with Gasteiger partial charge in [-0.05, 0) is 26.0 Å². The van der Waals surface area contributed by atoms with Gasteiger partial charge in [0.15, 0.2) is 0 Å². The third-order valence-electron chi connectivity index (χ3n) is 2.46. The first-order valence-corrected chi connectivity index (χ1v) is 6.18. The van der Waals surface area contributed by atoms with Crippen molar-refractivity contribution in [1.29, 1.82) is 0 Å². The summed E-state index contributed by atoms with van der Waals surface area (Å²) >= 11 is 6.71. The van der Waals surface area contributed by atoms with Crippen molar-refractivity contribution in [3.8, 4) is 0 Å². The lowest BCUT2D eigenvalue weighted by molar-refractivity contribution is 0.789. The SMILES string of the molecule is Cc1nc(Cn2cccc2C(N)=S)sc1C. The highest BCUT2D eigenvalue weighted by Gasteiger charge is 2.07. The molecule has 84 valence electrons. The fraction of sp³-hybridized carbons (Fsp3) is 0.273. The predicted molar refractivity (Wildman–Crippen MR) is 71.0 cm³/mol. The molecular weight excluding hydrogens is 238 g/mol. The number of thiocarbonyl (C=S) groups is 1. The Morgan fingerprint density at radius 3 is 2.88 bits per heavy atom. The summed E-state index contributed by atoms with van der Waals surface area (Å²) in [6.45, 7) is 4.85. The summed E-state index contributed by atoms with van der Waals surface area (Å²) in [5, 5.41) is 1.09. The van der Waals surface area contributed by atoms with E-state index in [2.05, 4.69) is 11.9 Å². The first-order valence-electron chi connectivity index (χ1n) is 4.96. The van der Waals surface area contributed by atoms with Gasteiger partial charge >= 0.3 is 0 Å². The Balaban J connectivity index is 2.27. The summed E-state index contributed by atoms with van der Waals surface area (Å²) < 4.78 is 2.03. The molecule has 0 aliphatic heterocycles. The van der Waals surface area contributed by atoms with Crippen LogP contribution in [0.5, 0.6) is 0 Å². The molecule has 5 heteroatoms. The maximum atomic E-state index is 5.64. The van der Waals surface area contributed by atoms with Crippen molar-refractivity contribution in [1.82, 2.24) is 9.55 Å². The number of nitrogens with zero attached hydrogens (tertiary/aromatic N) is 2. The summed E-state index contributed by atoms with van der Waals surface area (Å²) in [5.41, 5.74) is 7.63. The second kappa shape index (κ2) is 4.35. The molecule has 16 heavy (non-hydrogen) atoms. The third kappa shape index (κ3) is 2.15. The van der Waals surface area contributed by atoms with E-state index in [0.717, 1.165) is 22.9 Å². The minimum atomic E-state index is 0.426. The average Bonchev–Trinajstić information content (AvgIpc) is 2.75. The molecule has 2 heterocycles. The van der Waals surface area contributed by atoms with Gasteiger partial charge in [0.2, 0.25) is 0 Å². The van der Waals surface area contributed by atoms with Gasteiger partial charge in [0, 0.05) is 11.1 Å². The Morgan fingerprint density at radius 2 is 2.31 bits per heavy atom. The van der Waals surface area contributed by atoms with Gasteiger partial charge in [0.05, 0.1) is 17.9 Å². The van der Waals surface area contributed by atoms with Crippen LogP contribution in [0, 0.1) is 13.8 Å². The highest BCUT2D eigenvalue weighted by Crippen LogP contribution is 2.18. The van der Waals surface area contributed by atoms with E-state index >= 15 is 0 Å². The highest BCUT2D eigenvalue weighted by atomic mass is 32.1. The molecule has 0 radical (unpaired) electrons. The van der Waals surface area contributed by atoms with E-state index in [1.165, 1.54) is 4.88 Å². The summed E-state index contributed by atoms with van der Waals surface area (Å²) in [4.78, 5) is 6.19. The number of aryl methyl sites for hydroxylation is 2. The number of aromatic nitrogens is 2. The van der Waals surface area contributed by atoms with E-state index in [1.807, 2.05) is 29.8 Å². The molecule has 0 saturated heterocycles. The molecule has 0 aromatic carbocycles. The van der Waals surface area contributed by atoms with Gasteiger partial charge in [-0.25, -0.2) is 4.98 Å².